The van der Waals surface area contributed by atoms with Gasteiger partial charge in [-0.25, -0.2) is 0 Å². The largest absolute Gasteiger partial charge is 0.103 e. The van der Waals surface area contributed by atoms with Crippen molar-refractivity contribution >= 4 is 0 Å². The van der Waals surface area contributed by atoms with Gasteiger partial charge in [0, 0.05) is 0 Å². The fourth-order valence-corrected chi connectivity index (χ4v) is 3.12. The van der Waals surface area contributed by atoms with Gasteiger partial charge in [-0.15, -0.1) is 6.58 Å². The van der Waals surface area contributed by atoms with E-state index in [1.165, 1.54) is 25.7 Å². The number of allylic oxidation sites excluding steroid dienone is 1. The SMILES string of the molecule is C=CC(C)C(C)(C)C(CCCCC(C)C)C(C)C. The molecule has 0 N–H and O–H groups in total. The predicted octanol–water partition coefficient (Wildman–Crippen LogP) is 6.32. The van der Waals surface area contributed by atoms with E-state index in [4.69, 9.17) is 0 Å². The van der Waals surface area contributed by atoms with Crippen LogP contribution in [0.2, 0.25) is 0 Å². The van der Waals surface area contributed by atoms with Gasteiger partial charge >= 0.3 is 0 Å². The minimum absolute atomic E-state index is 0.369. The summed E-state index contributed by atoms with van der Waals surface area (Å²) in [5, 5.41) is 0. The second-order valence-corrected chi connectivity index (χ2v) is 7.37. The van der Waals surface area contributed by atoms with Crippen LogP contribution in [0.1, 0.15) is 74.1 Å². The lowest BCUT2D eigenvalue weighted by molar-refractivity contribution is 0.100. The molecule has 0 nitrogen and oxygen atoms in total. The molecule has 0 spiro atoms. The van der Waals surface area contributed by atoms with Gasteiger partial charge < -0.3 is 0 Å². The summed E-state index contributed by atoms with van der Waals surface area (Å²) in [4.78, 5) is 0. The summed E-state index contributed by atoms with van der Waals surface area (Å²) in [6.07, 6.45) is 7.65. The fourth-order valence-electron chi connectivity index (χ4n) is 3.12. The van der Waals surface area contributed by atoms with E-state index in [2.05, 4.69) is 61.1 Å². The van der Waals surface area contributed by atoms with Gasteiger partial charge in [0.2, 0.25) is 0 Å². The van der Waals surface area contributed by atoms with Gasteiger partial charge in [-0.3, -0.25) is 0 Å². The van der Waals surface area contributed by atoms with Crippen molar-refractivity contribution in [1.29, 1.82) is 0 Å². The van der Waals surface area contributed by atoms with Crippen LogP contribution in [0.3, 0.4) is 0 Å². The number of hydrogen-bond acceptors (Lipinski definition) is 0. The first-order valence-corrected chi connectivity index (χ1v) is 7.86. The summed E-state index contributed by atoms with van der Waals surface area (Å²) < 4.78 is 0. The molecule has 2 unspecified atom stereocenters. The number of rotatable bonds is 9. The summed E-state index contributed by atoms with van der Waals surface area (Å²) >= 11 is 0. The lowest BCUT2D eigenvalue weighted by atomic mass is 9.64. The molecule has 0 aromatic heterocycles. The van der Waals surface area contributed by atoms with Gasteiger partial charge in [0.1, 0.15) is 0 Å². The van der Waals surface area contributed by atoms with Gasteiger partial charge in [0.05, 0.1) is 0 Å². The van der Waals surface area contributed by atoms with E-state index < -0.39 is 0 Å². The predicted molar refractivity (Wildman–Crippen MR) is 84.8 cm³/mol. The van der Waals surface area contributed by atoms with Crippen molar-refractivity contribution in [3.63, 3.8) is 0 Å². The fraction of sp³-hybridized carbons (Fsp3) is 0.889. The Balaban J connectivity index is 4.43. The molecule has 108 valence electrons. The molecular weight excluding hydrogens is 216 g/mol. The van der Waals surface area contributed by atoms with E-state index >= 15 is 0 Å². The second-order valence-electron chi connectivity index (χ2n) is 7.37. The Morgan fingerprint density at radius 3 is 1.83 bits per heavy atom. The topological polar surface area (TPSA) is 0 Å². The van der Waals surface area contributed by atoms with Crippen LogP contribution in [-0.2, 0) is 0 Å². The zero-order chi connectivity index (χ0) is 14.3. The summed E-state index contributed by atoms with van der Waals surface area (Å²) in [5.74, 6) is 3.01. The first-order chi connectivity index (χ1) is 8.23. The summed E-state index contributed by atoms with van der Waals surface area (Å²) in [7, 11) is 0. The van der Waals surface area contributed by atoms with Crippen LogP contribution in [0.4, 0.5) is 0 Å². The molecule has 0 aliphatic heterocycles. The van der Waals surface area contributed by atoms with Gasteiger partial charge in [0.15, 0.2) is 0 Å². The van der Waals surface area contributed by atoms with Crippen LogP contribution in [0.15, 0.2) is 12.7 Å². The van der Waals surface area contributed by atoms with E-state index in [0.717, 1.165) is 17.8 Å². The van der Waals surface area contributed by atoms with Crippen LogP contribution >= 0.6 is 0 Å². The van der Waals surface area contributed by atoms with Crippen LogP contribution < -0.4 is 0 Å². The molecule has 0 aromatic carbocycles. The molecule has 0 radical (unpaired) electrons. The average molecular weight is 252 g/mol. The summed E-state index contributed by atoms with van der Waals surface area (Å²) in [5.41, 5.74) is 0.369. The molecule has 0 fully saturated rings. The van der Waals surface area contributed by atoms with Gasteiger partial charge in [-0.2, -0.15) is 0 Å². The zero-order valence-electron chi connectivity index (χ0n) is 13.9. The lowest BCUT2D eigenvalue weighted by Crippen LogP contribution is -2.33. The Labute approximate surface area is 116 Å². The van der Waals surface area contributed by atoms with E-state index in [9.17, 15) is 0 Å². The lowest BCUT2D eigenvalue weighted by Gasteiger charge is -2.41. The van der Waals surface area contributed by atoms with E-state index in [1.54, 1.807) is 0 Å². The molecule has 0 aliphatic carbocycles. The maximum Gasteiger partial charge on any atom is -0.0210 e. The van der Waals surface area contributed by atoms with Gasteiger partial charge in [-0.05, 0) is 35.5 Å². The summed E-state index contributed by atoms with van der Waals surface area (Å²) in [6.45, 7) is 20.6. The van der Waals surface area contributed by atoms with Gasteiger partial charge in [-0.1, -0.05) is 73.8 Å². The molecule has 18 heavy (non-hydrogen) atoms. The summed E-state index contributed by atoms with van der Waals surface area (Å²) in [6, 6.07) is 0. The quantitative estimate of drug-likeness (QED) is 0.332. The van der Waals surface area contributed by atoms with E-state index in [0.29, 0.717) is 11.3 Å². The monoisotopic (exact) mass is 252 g/mol. The molecule has 0 amide bonds. The molecular formula is C18H36. The maximum atomic E-state index is 3.99. The third-order valence-corrected chi connectivity index (χ3v) is 4.83. The van der Waals surface area contributed by atoms with Crippen molar-refractivity contribution in [3.05, 3.63) is 12.7 Å². The molecule has 0 saturated carbocycles. The van der Waals surface area contributed by atoms with Crippen LogP contribution in [0.25, 0.3) is 0 Å². The Morgan fingerprint density at radius 1 is 0.944 bits per heavy atom. The Hall–Kier alpha value is -0.260. The normalized spacial score (nSPS) is 16.1. The molecule has 2 atom stereocenters. The van der Waals surface area contributed by atoms with Gasteiger partial charge in [0.25, 0.3) is 0 Å². The Morgan fingerprint density at radius 2 is 1.44 bits per heavy atom. The second kappa shape index (κ2) is 8.02. The highest BCUT2D eigenvalue weighted by Gasteiger charge is 2.34. The van der Waals surface area contributed by atoms with E-state index in [1.807, 2.05) is 0 Å². The number of unbranched alkanes of at least 4 members (excludes halogenated alkanes) is 1. The Kier molecular flexibility index (Phi) is 7.90. The minimum Gasteiger partial charge on any atom is -0.103 e. The standard InChI is InChI=1S/C18H36/c1-9-16(6)18(7,8)17(15(4)5)13-11-10-12-14(2)3/h9,14-17H,1,10-13H2,2-8H3. The number of hydrogen-bond donors (Lipinski definition) is 0. The van der Waals surface area contributed by atoms with E-state index in [-0.39, 0.29) is 0 Å². The van der Waals surface area contributed by atoms with Crippen molar-refractivity contribution < 1.29 is 0 Å². The van der Waals surface area contributed by atoms with Crippen molar-refractivity contribution in [2.24, 2.45) is 29.1 Å². The van der Waals surface area contributed by atoms with Crippen LogP contribution in [-0.4, -0.2) is 0 Å². The third-order valence-electron chi connectivity index (χ3n) is 4.83. The Bertz CT molecular complexity index is 222. The smallest absolute Gasteiger partial charge is 0.0210 e. The van der Waals surface area contributed by atoms with Crippen LogP contribution in [0, 0.1) is 29.1 Å². The molecule has 0 heterocycles. The van der Waals surface area contributed by atoms with Crippen molar-refractivity contribution in [1.82, 2.24) is 0 Å². The maximum absolute atomic E-state index is 3.99. The molecule has 0 saturated heterocycles. The molecule has 0 aromatic rings. The molecule has 0 aliphatic rings. The highest BCUT2D eigenvalue weighted by atomic mass is 14.4. The molecule has 0 rings (SSSR count). The minimum atomic E-state index is 0.369. The highest BCUT2D eigenvalue weighted by molar-refractivity contribution is 4.92. The molecule has 0 bridgehead atoms. The first kappa shape index (κ1) is 17.7. The van der Waals surface area contributed by atoms with Crippen LogP contribution in [0.5, 0.6) is 0 Å². The zero-order valence-corrected chi connectivity index (χ0v) is 13.9. The highest BCUT2D eigenvalue weighted by Crippen LogP contribution is 2.42. The van der Waals surface area contributed by atoms with Crippen molar-refractivity contribution in [2.75, 3.05) is 0 Å². The molecule has 0 heteroatoms. The van der Waals surface area contributed by atoms with Crippen molar-refractivity contribution in [3.8, 4) is 0 Å². The average Bonchev–Trinajstić information content (AvgIpc) is 2.26. The first-order valence-electron chi connectivity index (χ1n) is 7.86. The third kappa shape index (κ3) is 5.59. The van der Waals surface area contributed by atoms with Crippen molar-refractivity contribution in [2.45, 2.75) is 74.1 Å².